The monoisotopic (exact) mass is 599 g/mol. The summed E-state index contributed by atoms with van der Waals surface area (Å²) in [4.78, 5) is 47.4. The van der Waals surface area contributed by atoms with E-state index >= 15 is 0 Å². The van der Waals surface area contributed by atoms with Crippen molar-refractivity contribution in [3.63, 3.8) is 0 Å². The first-order valence-electron chi connectivity index (χ1n) is 14.0. The Hall–Kier alpha value is -4.39. The van der Waals surface area contributed by atoms with Crippen LogP contribution in [-0.2, 0) is 32.7 Å². The molecular weight excluding hydrogens is 570 g/mol. The number of hydrogen-bond acceptors (Lipinski definition) is 8. The van der Waals surface area contributed by atoms with Gasteiger partial charge in [0.1, 0.15) is 17.5 Å². The maximum absolute atomic E-state index is 13.4. The van der Waals surface area contributed by atoms with E-state index in [1.165, 1.54) is 4.90 Å². The van der Waals surface area contributed by atoms with Crippen molar-refractivity contribution in [2.45, 2.75) is 34.6 Å². The average Bonchev–Trinajstić information content (AvgIpc) is 3.74. The first-order valence-corrected chi connectivity index (χ1v) is 14.8. The van der Waals surface area contributed by atoms with Crippen molar-refractivity contribution < 1.29 is 28.6 Å². The Bertz CT molecular complexity index is 1750. The highest BCUT2D eigenvalue weighted by Crippen LogP contribution is 2.47. The van der Waals surface area contributed by atoms with Crippen LogP contribution >= 0.6 is 11.8 Å². The Morgan fingerprint density at radius 3 is 2.67 bits per heavy atom. The predicted molar refractivity (Wildman–Crippen MR) is 157 cm³/mol. The van der Waals surface area contributed by atoms with Crippen LogP contribution in [0.15, 0.2) is 76.8 Å². The van der Waals surface area contributed by atoms with E-state index in [9.17, 15) is 14.4 Å². The Morgan fingerprint density at radius 1 is 1.02 bits per heavy atom. The molecule has 0 aliphatic carbocycles. The fourth-order valence-corrected chi connectivity index (χ4v) is 6.71. The minimum Gasteiger partial charge on any atom is -0.455 e. The standard InChI is InChI=1S/C31H29N5O6S/c1-35-21(12-20-15-32-9-8-22(20)35)16-33-30(39)23-14-31(40-10-11-41-31)18-36(23)28(37)17-34-29(38)19-6-7-27-25(13-19)42-24-4-2-3-5-26(24)43-27/h2-9,12-13,15,23H,10-11,14,16-18H2,1H3,(H,33,39)(H,34,38)/t23-/m0/s1. The van der Waals surface area contributed by atoms with Gasteiger partial charge in [-0.25, -0.2) is 0 Å². The smallest absolute Gasteiger partial charge is 0.251 e. The van der Waals surface area contributed by atoms with Crippen molar-refractivity contribution >= 4 is 40.4 Å². The van der Waals surface area contributed by atoms with Crippen molar-refractivity contribution in [2.75, 3.05) is 26.3 Å². The van der Waals surface area contributed by atoms with Crippen molar-refractivity contribution in [1.29, 1.82) is 0 Å². The molecule has 43 heavy (non-hydrogen) atoms. The van der Waals surface area contributed by atoms with Crippen LogP contribution in [0.1, 0.15) is 22.5 Å². The second kappa shape index (κ2) is 11.0. The van der Waals surface area contributed by atoms with E-state index < -0.39 is 23.6 Å². The molecule has 2 aromatic carbocycles. The van der Waals surface area contributed by atoms with Crippen molar-refractivity contribution in [3.8, 4) is 11.5 Å². The zero-order valence-corrected chi connectivity index (χ0v) is 24.2. The van der Waals surface area contributed by atoms with Gasteiger partial charge in [0.25, 0.3) is 5.91 Å². The van der Waals surface area contributed by atoms with Crippen LogP contribution in [0.25, 0.3) is 10.9 Å². The van der Waals surface area contributed by atoms with Gasteiger partial charge in [-0.15, -0.1) is 0 Å². The molecule has 0 saturated carbocycles. The number of rotatable bonds is 6. The summed E-state index contributed by atoms with van der Waals surface area (Å²) in [6, 6.07) is 16.0. The molecule has 1 atom stereocenters. The number of aromatic nitrogens is 2. The number of carbonyl (C=O) groups excluding carboxylic acids is 3. The molecule has 3 aliphatic heterocycles. The van der Waals surface area contributed by atoms with Crippen molar-refractivity contribution in [2.24, 2.45) is 7.05 Å². The van der Waals surface area contributed by atoms with Gasteiger partial charge in [-0.2, -0.15) is 0 Å². The fraction of sp³-hybridized carbons (Fsp3) is 0.290. The number of para-hydroxylation sites is 1. The number of fused-ring (bicyclic) bond motifs is 3. The summed E-state index contributed by atoms with van der Waals surface area (Å²) in [5, 5.41) is 6.65. The molecular formula is C31H29N5O6S. The molecule has 2 fully saturated rings. The number of amides is 3. The zero-order valence-electron chi connectivity index (χ0n) is 23.4. The van der Waals surface area contributed by atoms with Crippen molar-refractivity contribution in [1.82, 2.24) is 25.1 Å². The molecule has 3 aliphatic rings. The molecule has 2 aromatic heterocycles. The Balaban J connectivity index is 1.01. The van der Waals surface area contributed by atoms with Crippen LogP contribution in [0.3, 0.4) is 0 Å². The number of hydrogen-bond donors (Lipinski definition) is 2. The van der Waals surface area contributed by atoms with E-state index in [-0.39, 0.29) is 32.0 Å². The topological polar surface area (TPSA) is 124 Å². The SMILES string of the molecule is Cn1c(CNC(=O)[C@@H]2CC3(CN2C(=O)CNC(=O)c2ccc4c(c2)Oc2ccccc2S4)OCCO3)cc2cnccc21. The molecule has 2 N–H and O–H groups in total. The number of likely N-dealkylation sites (tertiary alicyclic amines) is 1. The van der Waals surface area contributed by atoms with Gasteiger partial charge < -0.3 is 34.3 Å². The lowest BCUT2D eigenvalue weighted by molar-refractivity contribution is -0.152. The predicted octanol–water partition coefficient (Wildman–Crippen LogP) is 3.22. The number of nitrogens with one attached hydrogen (secondary N) is 2. The van der Waals surface area contributed by atoms with E-state index in [0.717, 1.165) is 32.1 Å². The van der Waals surface area contributed by atoms with E-state index in [1.807, 2.05) is 54.1 Å². The van der Waals surface area contributed by atoms with Gasteiger partial charge in [0.15, 0.2) is 5.79 Å². The Kier molecular flexibility index (Phi) is 7.04. The highest BCUT2D eigenvalue weighted by atomic mass is 32.2. The molecule has 12 heteroatoms. The fourth-order valence-electron chi connectivity index (χ4n) is 5.78. The molecule has 3 amide bonds. The summed E-state index contributed by atoms with van der Waals surface area (Å²) in [5.41, 5.74) is 2.28. The quantitative estimate of drug-likeness (QED) is 0.305. The number of nitrogens with zero attached hydrogens (tertiary/aromatic N) is 3. The molecule has 220 valence electrons. The maximum atomic E-state index is 13.4. The molecule has 5 heterocycles. The third kappa shape index (κ3) is 5.22. The van der Waals surface area contributed by atoms with Gasteiger partial charge in [0.2, 0.25) is 11.8 Å². The highest BCUT2D eigenvalue weighted by Gasteiger charge is 2.52. The lowest BCUT2D eigenvalue weighted by atomic mass is 10.1. The third-order valence-corrected chi connectivity index (χ3v) is 9.12. The Morgan fingerprint density at radius 2 is 1.84 bits per heavy atom. The zero-order chi connectivity index (χ0) is 29.6. The first kappa shape index (κ1) is 27.4. The number of ether oxygens (including phenoxy) is 3. The summed E-state index contributed by atoms with van der Waals surface area (Å²) in [6.07, 6.45) is 3.71. The maximum Gasteiger partial charge on any atom is 0.251 e. The normalized spacial score (nSPS) is 18.3. The largest absolute Gasteiger partial charge is 0.455 e. The molecule has 7 rings (SSSR count). The first-order chi connectivity index (χ1) is 20.9. The summed E-state index contributed by atoms with van der Waals surface area (Å²) in [6.45, 7) is 0.866. The summed E-state index contributed by atoms with van der Waals surface area (Å²) >= 11 is 1.57. The molecule has 4 aromatic rings. The van der Waals surface area contributed by atoms with Crippen LogP contribution < -0.4 is 15.4 Å². The summed E-state index contributed by atoms with van der Waals surface area (Å²) < 4.78 is 19.7. The van der Waals surface area contributed by atoms with Gasteiger partial charge in [-0.1, -0.05) is 23.9 Å². The molecule has 11 nitrogen and oxygen atoms in total. The van der Waals surface area contributed by atoms with Crippen LogP contribution in [0.2, 0.25) is 0 Å². The minimum atomic E-state index is -1.03. The van der Waals surface area contributed by atoms with Crippen molar-refractivity contribution in [3.05, 3.63) is 78.2 Å². The average molecular weight is 600 g/mol. The van der Waals surface area contributed by atoms with Crippen LogP contribution in [0.4, 0.5) is 0 Å². The van der Waals surface area contributed by atoms with Gasteiger partial charge >= 0.3 is 0 Å². The molecule has 0 unspecified atom stereocenters. The van der Waals surface area contributed by atoms with Crippen LogP contribution in [0, 0.1) is 0 Å². The molecule has 1 spiro atoms. The molecule has 0 bridgehead atoms. The number of pyridine rings is 1. The van der Waals surface area contributed by atoms with Gasteiger partial charge in [-0.3, -0.25) is 19.4 Å². The lowest BCUT2D eigenvalue weighted by Crippen LogP contribution is -2.49. The number of benzene rings is 2. The minimum absolute atomic E-state index is 0.100. The molecule has 2 saturated heterocycles. The van der Waals surface area contributed by atoms with E-state index in [1.54, 1.807) is 36.3 Å². The second-order valence-corrected chi connectivity index (χ2v) is 11.8. The van der Waals surface area contributed by atoms with Gasteiger partial charge in [0.05, 0.1) is 48.2 Å². The van der Waals surface area contributed by atoms with E-state index in [0.29, 0.717) is 24.5 Å². The Labute approximate surface area is 251 Å². The highest BCUT2D eigenvalue weighted by molar-refractivity contribution is 7.99. The number of aryl methyl sites for hydroxylation is 1. The van der Waals surface area contributed by atoms with Crippen LogP contribution in [-0.4, -0.2) is 70.3 Å². The lowest BCUT2D eigenvalue weighted by Gasteiger charge is -2.24. The molecule has 0 radical (unpaired) electrons. The summed E-state index contributed by atoms with van der Waals surface area (Å²) in [7, 11) is 1.93. The second-order valence-electron chi connectivity index (χ2n) is 10.7. The van der Waals surface area contributed by atoms with E-state index in [2.05, 4.69) is 15.6 Å². The summed E-state index contributed by atoms with van der Waals surface area (Å²) in [5.74, 6) is -0.858. The van der Waals surface area contributed by atoms with Gasteiger partial charge in [-0.05, 0) is 42.5 Å². The third-order valence-electron chi connectivity index (χ3n) is 8.01. The van der Waals surface area contributed by atoms with Gasteiger partial charge in [0, 0.05) is 42.5 Å². The van der Waals surface area contributed by atoms with Crippen LogP contribution in [0.5, 0.6) is 11.5 Å². The van der Waals surface area contributed by atoms with E-state index in [4.69, 9.17) is 14.2 Å². The number of carbonyl (C=O) groups is 3.